The van der Waals surface area contributed by atoms with Gasteiger partial charge in [0.1, 0.15) is 5.65 Å². The maximum absolute atomic E-state index is 5.88. The number of halogens is 2. The molecular formula is C22H26Cl2N4. The lowest BCUT2D eigenvalue weighted by molar-refractivity contribution is 0.225. The van der Waals surface area contributed by atoms with E-state index in [0.717, 1.165) is 35.9 Å². The lowest BCUT2D eigenvalue weighted by Crippen LogP contribution is -2.40. The molecule has 6 heteroatoms. The van der Waals surface area contributed by atoms with Gasteiger partial charge >= 0.3 is 0 Å². The van der Waals surface area contributed by atoms with Gasteiger partial charge in [0.2, 0.25) is 5.95 Å². The van der Waals surface area contributed by atoms with Crippen LogP contribution in [0.25, 0.3) is 11.7 Å². The summed E-state index contributed by atoms with van der Waals surface area (Å²) < 4.78 is 2.12. The number of anilines is 1. The molecular weight excluding hydrogens is 391 g/mol. The number of aryl methyl sites for hydroxylation is 1. The first-order valence-corrected chi connectivity index (χ1v) is 10.8. The first kappa shape index (κ1) is 19.5. The Morgan fingerprint density at radius 3 is 2.61 bits per heavy atom. The van der Waals surface area contributed by atoms with Gasteiger partial charge in [-0.1, -0.05) is 48.2 Å². The Morgan fingerprint density at radius 1 is 1.14 bits per heavy atom. The summed E-state index contributed by atoms with van der Waals surface area (Å²) in [5.41, 5.74) is 4.89. The lowest BCUT2D eigenvalue weighted by atomic mass is 9.77. The van der Waals surface area contributed by atoms with Crippen LogP contribution in [0.2, 0.25) is 0 Å². The molecule has 0 aromatic carbocycles. The van der Waals surface area contributed by atoms with Crippen molar-refractivity contribution in [1.82, 2.24) is 14.4 Å². The number of fused-ring (bicyclic) bond motifs is 1. The van der Waals surface area contributed by atoms with Crippen molar-refractivity contribution >= 4 is 40.9 Å². The molecule has 2 fully saturated rings. The molecule has 2 aromatic heterocycles. The van der Waals surface area contributed by atoms with E-state index < -0.39 is 0 Å². The molecule has 2 aliphatic rings. The second-order valence-corrected chi connectivity index (χ2v) is 8.59. The Bertz CT molecular complexity index is 925. The molecule has 1 aliphatic heterocycles. The van der Waals surface area contributed by atoms with E-state index in [4.69, 9.17) is 28.2 Å². The molecule has 148 valence electrons. The minimum atomic E-state index is 0.493. The molecule has 4 nitrogen and oxygen atoms in total. The van der Waals surface area contributed by atoms with Crippen molar-refractivity contribution in [3.8, 4) is 0 Å². The second kappa shape index (κ2) is 8.30. The van der Waals surface area contributed by atoms with Gasteiger partial charge in [0.25, 0.3) is 0 Å². The highest BCUT2D eigenvalue weighted by Crippen LogP contribution is 2.46. The van der Waals surface area contributed by atoms with Crippen LogP contribution in [0.5, 0.6) is 0 Å². The van der Waals surface area contributed by atoms with Crippen LogP contribution in [-0.2, 0) is 0 Å². The summed E-state index contributed by atoms with van der Waals surface area (Å²) in [4.78, 5) is 12.0. The standard InChI is InChI=1S/C22H26Cl2N4/c1-17-19(7-3-2-6-18(24)16-23)20-25-12-15-28(20)21(26-17)27-13-10-22(11-14-27)8-4-5-9-22/h2-3,6-7,12,15-16H,4-5,8-11,13-14H2,1H3/b6-2-,7-3+,18-16-. The van der Waals surface area contributed by atoms with Crippen LogP contribution in [0.1, 0.15) is 49.8 Å². The molecule has 3 heterocycles. The highest BCUT2D eigenvalue weighted by molar-refractivity contribution is 6.37. The molecule has 0 N–H and O–H groups in total. The average molecular weight is 417 g/mol. The fraction of sp³-hybridized carbons (Fsp3) is 0.455. The maximum atomic E-state index is 5.88. The highest BCUT2D eigenvalue weighted by atomic mass is 35.5. The normalized spacial score (nSPS) is 20.4. The van der Waals surface area contributed by atoms with Crippen LogP contribution in [-0.4, -0.2) is 27.5 Å². The molecule has 2 aromatic rings. The van der Waals surface area contributed by atoms with Gasteiger partial charge in [0, 0.05) is 36.6 Å². The zero-order valence-corrected chi connectivity index (χ0v) is 17.8. The van der Waals surface area contributed by atoms with E-state index in [9.17, 15) is 0 Å². The Kier molecular flexibility index (Phi) is 5.79. The van der Waals surface area contributed by atoms with Gasteiger partial charge < -0.3 is 4.90 Å². The minimum Gasteiger partial charge on any atom is -0.342 e. The van der Waals surface area contributed by atoms with Crippen LogP contribution in [0.4, 0.5) is 5.95 Å². The predicted molar refractivity (Wildman–Crippen MR) is 118 cm³/mol. The zero-order valence-electron chi connectivity index (χ0n) is 16.2. The fourth-order valence-corrected chi connectivity index (χ4v) is 4.80. The zero-order chi connectivity index (χ0) is 19.6. The van der Waals surface area contributed by atoms with Crippen molar-refractivity contribution < 1.29 is 0 Å². The van der Waals surface area contributed by atoms with E-state index in [1.54, 1.807) is 6.08 Å². The van der Waals surface area contributed by atoms with Gasteiger partial charge in [0.05, 0.1) is 10.7 Å². The van der Waals surface area contributed by atoms with Crippen molar-refractivity contribution in [1.29, 1.82) is 0 Å². The third-order valence-corrected chi connectivity index (χ3v) is 6.84. The lowest BCUT2D eigenvalue weighted by Gasteiger charge is -2.40. The summed E-state index contributed by atoms with van der Waals surface area (Å²) >= 11 is 11.5. The number of piperidine rings is 1. The Morgan fingerprint density at radius 2 is 1.89 bits per heavy atom. The van der Waals surface area contributed by atoms with Crippen molar-refractivity contribution in [3.63, 3.8) is 0 Å². The van der Waals surface area contributed by atoms with Crippen LogP contribution >= 0.6 is 23.2 Å². The van der Waals surface area contributed by atoms with Crippen molar-refractivity contribution in [3.05, 3.63) is 52.4 Å². The van der Waals surface area contributed by atoms with Crippen LogP contribution in [0.15, 0.2) is 41.2 Å². The summed E-state index contributed by atoms with van der Waals surface area (Å²) in [6.07, 6.45) is 19.6. The topological polar surface area (TPSA) is 33.4 Å². The number of allylic oxidation sites excluding steroid dienone is 4. The molecule has 0 radical (unpaired) electrons. The Labute approximate surface area is 176 Å². The van der Waals surface area contributed by atoms with Crippen molar-refractivity contribution in [2.45, 2.75) is 45.4 Å². The quantitative estimate of drug-likeness (QED) is 0.565. The first-order chi connectivity index (χ1) is 13.6. The third-order valence-electron chi connectivity index (χ3n) is 6.26. The van der Waals surface area contributed by atoms with E-state index >= 15 is 0 Å². The van der Waals surface area contributed by atoms with E-state index in [1.165, 1.54) is 44.1 Å². The van der Waals surface area contributed by atoms with E-state index in [0.29, 0.717) is 10.4 Å². The molecule has 0 unspecified atom stereocenters. The molecule has 1 saturated carbocycles. The summed E-state index contributed by atoms with van der Waals surface area (Å²) in [5, 5.41) is 0.493. The van der Waals surface area contributed by atoms with E-state index in [-0.39, 0.29) is 0 Å². The summed E-state index contributed by atoms with van der Waals surface area (Å²) in [6.45, 7) is 4.22. The van der Waals surface area contributed by atoms with E-state index in [1.807, 2.05) is 30.6 Å². The Balaban J connectivity index is 1.59. The first-order valence-electron chi connectivity index (χ1n) is 10.0. The molecule has 0 bridgehead atoms. The molecule has 28 heavy (non-hydrogen) atoms. The van der Waals surface area contributed by atoms with Gasteiger partial charge in [-0.25, -0.2) is 9.97 Å². The van der Waals surface area contributed by atoms with Gasteiger partial charge in [0.15, 0.2) is 0 Å². The fourth-order valence-electron chi connectivity index (χ4n) is 4.65. The van der Waals surface area contributed by atoms with Crippen molar-refractivity contribution in [2.24, 2.45) is 5.41 Å². The van der Waals surface area contributed by atoms with Gasteiger partial charge in [-0.2, -0.15) is 0 Å². The number of rotatable bonds is 4. The maximum Gasteiger partial charge on any atom is 0.211 e. The summed E-state index contributed by atoms with van der Waals surface area (Å²) in [7, 11) is 0. The van der Waals surface area contributed by atoms with Crippen molar-refractivity contribution in [2.75, 3.05) is 18.0 Å². The molecule has 0 amide bonds. The minimum absolute atomic E-state index is 0.493. The Hall–Kier alpha value is -1.78. The number of hydrogen-bond donors (Lipinski definition) is 0. The van der Waals surface area contributed by atoms with Gasteiger partial charge in [-0.05, 0) is 50.2 Å². The average Bonchev–Trinajstić information content (AvgIpc) is 3.37. The molecule has 0 atom stereocenters. The smallest absolute Gasteiger partial charge is 0.211 e. The molecule has 1 aliphatic carbocycles. The monoisotopic (exact) mass is 416 g/mol. The SMILES string of the molecule is Cc1nc(N2CCC3(CCCC3)CC2)n2ccnc2c1/C=C/C=C\C(Cl)=C\Cl. The number of nitrogens with zero attached hydrogens (tertiary/aromatic N) is 4. The third kappa shape index (κ3) is 3.85. The number of hydrogen-bond acceptors (Lipinski definition) is 3. The second-order valence-electron chi connectivity index (χ2n) is 7.94. The molecule has 1 saturated heterocycles. The van der Waals surface area contributed by atoms with Gasteiger partial charge in [-0.3, -0.25) is 4.40 Å². The molecule has 4 rings (SSSR count). The summed E-state index contributed by atoms with van der Waals surface area (Å²) in [6, 6.07) is 0. The predicted octanol–water partition coefficient (Wildman–Crippen LogP) is 6.09. The highest BCUT2D eigenvalue weighted by Gasteiger charge is 2.37. The largest absolute Gasteiger partial charge is 0.342 e. The number of aromatic nitrogens is 3. The molecule has 1 spiro atoms. The van der Waals surface area contributed by atoms with Crippen LogP contribution < -0.4 is 4.90 Å². The number of imidazole rings is 1. The van der Waals surface area contributed by atoms with Crippen LogP contribution in [0.3, 0.4) is 0 Å². The van der Waals surface area contributed by atoms with Gasteiger partial charge in [-0.15, -0.1) is 0 Å². The summed E-state index contributed by atoms with van der Waals surface area (Å²) in [5.74, 6) is 1.01. The van der Waals surface area contributed by atoms with Crippen LogP contribution in [0, 0.1) is 12.3 Å². The van der Waals surface area contributed by atoms with E-state index in [2.05, 4.69) is 21.2 Å².